The van der Waals surface area contributed by atoms with E-state index in [1.54, 1.807) is 18.0 Å². The minimum atomic E-state index is -0.751. The Morgan fingerprint density at radius 2 is 1.64 bits per heavy atom. The number of aliphatic hydroxyl groups is 1. The van der Waals surface area contributed by atoms with Crippen LogP contribution in [0, 0.1) is 5.92 Å². The van der Waals surface area contributed by atoms with Gasteiger partial charge in [-0.2, -0.15) is 0 Å². The van der Waals surface area contributed by atoms with Crippen molar-refractivity contribution in [3.8, 4) is 5.75 Å². The van der Waals surface area contributed by atoms with Gasteiger partial charge in [0.25, 0.3) is 5.91 Å². The predicted octanol–water partition coefficient (Wildman–Crippen LogP) is 3.92. The van der Waals surface area contributed by atoms with Crippen LogP contribution in [-0.4, -0.2) is 35.6 Å². The zero-order valence-electron chi connectivity index (χ0n) is 15.3. The van der Waals surface area contributed by atoms with Crippen LogP contribution < -0.4 is 4.74 Å². The number of benzene rings is 2. The van der Waals surface area contributed by atoms with Crippen LogP contribution >= 0.6 is 0 Å². The van der Waals surface area contributed by atoms with E-state index >= 15 is 0 Å². The van der Waals surface area contributed by atoms with E-state index in [9.17, 15) is 9.90 Å². The number of amides is 1. The summed E-state index contributed by atoms with van der Waals surface area (Å²) in [5.41, 5.74) is 1.30. The molecule has 4 nitrogen and oxygen atoms in total. The third-order valence-electron chi connectivity index (χ3n) is 4.22. The molecule has 0 spiro atoms. The van der Waals surface area contributed by atoms with Crippen LogP contribution in [0.2, 0.25) is 0 Å². The highest BCUT2D eigenvalue weighted by Crippen LogP contribution is 2.25. The van der Waals surface area contributed by atoms with E-state index in [4.69, 9.17) is 4.74 Å². The van der Waals surface area contributed by atoms with Crippen LogP contribution in [-0.2, 0) is 0 Å². The Morgan fingerprint density at radius 3 is 2.28 bits per heavy atom. The first-order chi connectivity index (χ1) is 11.9. The molecule has 2 aromatic carbocycles. The van der Waals surface area contributed by atoms with Crippen molar-refractivity contribution in [2.24, 2.45) is 5.92 Å². The summed E-state index contributed by atoms with van der Waals surface area (Å²) in [5.74, 6) is 0.788. The summed E-state index contributed by atoms with van der Waals surface area (Å²) >= 11 is 0. The molecule has 0 heterocycles. The summed E-state index contributed by atoms with van der Waals surface area (Å²) in [7, 11) is 1.71. The second-order valence-electron chi connectivity index (χ2n) is 6.71. The molecule has 1 N–H and O–H groups in total. The quantitative estimate of drug-likeness (QED) is 0.830. The van der Waals surface area contributed by atoms with E-state index in [1.165, 1.54) is 0 Å². The van der Waals surface area contributed by atoms with Gasteiger partial charge in [-0.15, -0.1) is 0 Å². The molecule has 4 heteroatoms. The van der Waals surface area contributed by atoms with Crippen LogP contribution in [0.4, 0.5) is 0 Å². The number of rotatable bonds is 7. The van der Waals surface area contributed by atoms with Crippen molar-refractivity contribution in [2.45, 2.75) is 32.9 Å². The van der Waals surface area contributed by atoms with Crippen LogP contribution in [0.5, 0.6) is 5.75 Å². The summed E-state index contributed by atoms with van der Waals surface area (Å²) in [4.78, 5) is 14.5. The Kier molecular flexibility index (Phi) is 6.59. The number of nitrogens with zero attached hydrogens (tertiary/aromatic N) is 1. The van der Waals surface area contributed by atoms with E-state index in [-0.39, 0.29) is 11.9 Å². The Balaban J connectivity index is 2.16. The summed E-state index contributed by atoms with van der Waals surface area (Å²) < 4.78 is 5.78. The fraction of sp³-hybridized carbons (Fsp3) is 0.381. The SMILES string of the molecule is CC(C)COc1ccccc1C(=O)N(C)C(C)C(O)c1ccccc1. The maximum absolute atomic E-state index is 12.9. The number of ether oxygens (including phenoxy) is 1. The Morgan fingerprint density at radius 1 is 1.04 bits per heavy atom. The fourth-order valence-corrected chi connectivity index (χ4v) is 2.54. The molecule has 134 valence electrons. The molecule has 0 aliphatic heterocycles. The molecule has 0 aliphatic carbocycles. The van der Waals surface area contributed by atoms with Crippen LogP contribution in [0.15, 0.2) is 54.6 Å². The van der Waals surface area contributed by atoms with Crippen LogP contribution in [0.25, 0.3) is 0 Å². The molecule has 2 atom stereocenters. The summed E-state index contributed by atoms with van der Waals surface area (Å²) in [6.07, 6.45) is -0.751. The molecule has 0 bridgehead atoms. The lowest BCUT2D eigenvalue weighted by molar-refractivity contribution is 0.0483. The first kappa shape index (κ1) is 19.0. The Bertz CT molecular complexity index is 685. The zero-order valence-corrected chi connectivity index (χ0v) is 15.3. The highest BCUT2D eigenvalue weighted by Gasteiger charge is 2.26. The van der Waals surface area contributed by atoms with E-state index in [1.807, 2.05) is 55.5 Å². The zero-order chi connectivity index (χ0) is 18.4. The largest absolute Gasteiger partial charge is 0.492 e. The second kappa shape index (κ2) is 8.67. The number of carbonyl (C=O) groups excluding carboxylic acids is 1. The maximum Gasteiger partial charge on any atom is 0.257 e. The molecular formula is C21H27NO3. The Hall–Kier alpha value is -2.33. The topological polar surface area (TPSA) is 49.8 Å². The number of hydrogen-bond donors (Lipinski definition) is 1. The maximum atomic E-state index is 12.9. The van der Waals surface area contributed by atoms with Gasteiger partial charge in [0.2, 0.25) is 0 Å². The first-order valence-corrected chi connectivity index (χ1v) is 8.63. The van der Waals surface area contributed by atoms with E-state index in [2.05, 4.69) is 13.8 Å². The first-order valence-electron chi connectivity index (χ1n) is 8.63. The van der Waals surface area contributed by atoms with E-state index in [0.717, 1.165) is 5.56 Å². The summed E-state index contributed by atoms with van der Waals surface area (Å²) in [6, 6.07) is 16.3. The average molecular weight is 341 g/mol. The van der Waals surface area contributed by atoms with Crippen molar-refractivity contribution in [3.05, 3.63) is 65.7 Å². The van der Waals surface area contributed by atoms with Crippen molar-refractivity contribution >= 4 is 5.91 Å². The number of likely N-dealkylation sites (N-methyl/N-ethyl adjacent to an activating group) is 1. The van der Waals surface area contributed by atoms with Gasteiger partial charge in [0.15, 0.2) is 0 Å². The van der Waals surface area contributed by atoms with Gasteiger partial charge in [0.1, 0.15) is 5.75 Å². The minimum Gasteiger partial charge on any atom is -0.492 e. The molecule has 0 radical (unpaired) electrons. The molecule has 25 heavy (non-hydrogen) atoms. The van der Waals surface area contributed by atoms with Gasteiger partial charge in [0.05, 0.1) is 24.3 Å². The average Bonchev–Trinajstić information content (AvgIpc) is 2.64. The van der Waals surface area contributed by atoms with Crippen LogP contribution in [0.1, 0.15) is 42.8 Å². The van der Waals surface area contributed by atoms with Gasteiger partial charge < -0.3 is 14.7 Å². The number of carbonyl (C=O) groups is 1. The summed E-state index contributed by atoms with van der Waals surface area (Å²) in [6.45, 7) is 6.52. The third kappa shape index (κ3) is 4.83. The Labute approximate surface area is 150 Å². The molecular weight excluding hydrogens is 314 g/mol. The monoisotopic (exact) mass is 341 g/mol. The third-order valence-corrected chi connectivity index (χ3v) is 4.22. The molecule has 0 aromatic heterocycles. The molecule has 0 saturated carbocycles. The lowest BCUT2D eigenvalue weighted by atomic mass is 10.0. The second-order valence-corrected chi connectivity index (χ2v) is 6.71. The predicted molar refractivity (Wildman–Crippen MR) is 99.7 cm³/mol. The molecule has 1 amide bonds. The molecule has 2 aromatic rings. The van der Waals surface area contributed by atoms with Gasteiger partial charge >= 0.3 is 0 Å². The standard InChI is InChI=1S/C21H27NO3/c1-15(2)14-25-19-13-9-8-12-18(19)21(24)22(4)16(3)20(23)17-10-6-5-7-11-17/h5-13,15-16,20,23H,14H2,1-4H3. The van der Waals surface area contributed by atoms with Crippen molar-refractivity contribution < 1.29 is 14.6 Å². The highest BCUT2D eigenvalue weighted by molar-refractivity contribution is 5.97. The van der Waals surface area contributed by atoms with Crippen molar-refractivity contribution in [1.29, 1.82) is 0 Å². The van der Waals surface area contributed by atoms with Crippen LogP contribution in [0.3, 0.4) is 0 Å². The number of aliphatic hydroxyl groups excluding tert-OH is 1. The molecule has 0 aliphatic rings. The minimum absolute atomic E-state index is 0.165. The normalized spacial score (nSPS) is 13.4. The fourth-order valence-electron chi connectivity index (χ4n) is 2.54. The molecule has 0 saturated heterocycles. The van der Waals surface area contributed by atoms with Gasteiger partial charge in [-0.1, -0.05) is 56.3 Å². The van der Waals surface area contributed by atoms with Gasteiger partial charge in [0, 0.05) is 7.05 Å². The number of hydrogen-bond acceptors (Lipinski definition) is 3. The van der Waals surface area contributed by atoms with Gasteiger partial charge in [-0.25, -0.2) is 0 Å². The highest BCUT2D eigenvalue weighted by atomic mass is 16.5. The van der Waals surface area contributed by atoms with Crippen molar-refractivity contribution in [2.75, 3.05) is 13.7 Å². The van der Waals surface area contributed by atoms with Crippen molar-refractivity contribution in [3.63, 3.8) is 0 Å². The summed E-state index contributed by atoms with van der Waals surface area (Å²) in [5, 5.41) is 10.6. The lowest BCUT2D eigenvalue weighted by Gasteiger charge is -2.30. The molecule has 0 fully saturated rings. The number of para-hydroxylation sites is 1. The van der Waals surface area contributed by atoms with E-state index < -0.39 is 6.10 Å². The van der Waals surface area contributed by atoms with Gasteiger partial charge in [-0.3, -0.25) is 4.79 Å². The lowest BCUT2D eigenvalue weighted by Crippen LogP contribution is -2.39. The smallest absolute Gasteiger partial charge is 0.257 e. The molecule has 2 rings (SSSR count). The van der Waals surface area contributed by atoms with Gasteiger partial charge in [-0.05, 0) is 30.5 Å². The van der Waals surface area contributed by atoms with Crippen molar-refractivity contribution in [1.82, 2.24) is 4.90 Å². The van der Waals surface area contributed by atoms with E-state index in [0.29, 0.717) is 23.8 Å². The molecule has 2 unspecified atom stereocenters.